The fourth-order valence-electron chi connectivity index (χ4n) is 3.01. The average Bonchev–Trinajstić information content (AvgIpc) is 2.61. The molecule has 0 spiro atoms. The normalized spacial score (nSPS) is 18.2. The lowest BCUT2D eigenvalue weighted by molar-refractivity contribution is 0.0601. The third-order valence-corrected chi connectivity index (χ3v) is 4.18. The molecule has 0 N–H and O–H groups in total. The van der Waals surface area contributed by atoms with Crippen LogP contribution in [0.1, 0.15) is 41.7 Å². The number of hydrogen-bond donors (Lipinski definition) is 0. The van der Waals surface area contributed by atoms with Crippen LogP contribution in [0.4, 0.5) is 0 Å². The minimum absolute atomic E-state index is 0.0700. The van der Waals surface area contributed by atoms with Gasteiger partial charge in [0.15, 0.2) is 0 Å². The molecule has 2 aromatic heterocycles. The van der Waals surface area contributed by atoms with Gasteiger partial charge in [0, 0.05) is 24.5 Å². The number of piperidine rings is 1. The Labute approximate surface area is 130 Å². The second kappa shape index (κ2) is 7.11. The van der Waals surface area contributed by atoms with Crippen LogP contribution in [0.25, 0.3) is 0 Å². The monoisotopic (exact) mass is 296 g/mol. The summed E-state index contributed by atoms with van der Waals surface area (Å²) in [4.78, 5) is 19.0. The minimum atomic E-state index is 0.0700. The predicted octanol–water partition coefficient (Wildman–Crippen LogP) is 2.50. The van der Waals surface area contributed by atoms with Crippen molar-refractivity contribution in [1.29, 1.82) is 0 Å². The molecule has 0 saturated carbocycles. The van der Waals surface area contributed by atoms with Crippen molar-refractivity contribution in [1.82, 2.24) is 20.1 Å². The summed E-state index contributed by atoms with van der Waals surface area (Å²) in [6.07, 6.45) is 10.1. The van der Waals surface area contributed by atoms with E-state index in [-0.39, 0.29) is 11.9 Å². The Hall–Kier alpha value is -2.30. The highest BCUT2D eigenvalue weighted by atomic mass is 16.2. The number of likely N-dealkylation sites (tertiary alicyclic amines) is 1. The zero-order valence-electron chi connectivity index (χ0n) is 12.6. The summed E-state index contributed by atoms with van der Waals surface area (Å²) in [5, 5.41) is 7.55. The first-order valence-corrected chi connectivity index (χ1v) is 7.82. The van der Waals surface area contributed by atoms with Crippen LogP contribution in [0, 0.1) is 0 Å². The lowest BCUT2D eigenvalue weighted by Crippen LogP contribution is -2.44. The van der Waals surface area contributed by atoms with Crippen LogP contribution in [0.2, 0.25) is 0 Å². The summed E-state index contributed by atoms with van der Waals surface area (Å²) in [5.41, 5.74) is 1.71. The predicted molar refractivity (Wildman–Crippen MR) is 83.3 cm³/mol. The van der Waals surface area contributed by atoms with Crippen molar-refractivity contribution < 1.29 is 4.79 Å². The van der Waals surface area contributed by atoms with Gasteiger partial charge in [-0.1, -0.05) is 6.07 Å². The van der Waals surface area contributed by atoms with Crippen molar-refractivity contribution in [2.45, 2.75) is 38.1 Å². The molecule has 3 heterocycles. The Kier molecular flexibility index (Phi) is 4.73. The minimum Gasteiger partial charge on any atom is -0.336 e. The first-order chi connectivity index (χ1) is 10.8. The maximum absolute atomic E-state index is 12.7. The quantitative estimate of drug-likeness (QED) is 0.870. The Morgan fingerprint density at radius 1 is 1.18 bits per heavy atom. The van der Waals surface area contributed by atoms with Crippen molar-refractivity contribution in [3.8, 4) is 0 Å². The summed E-state index contributed by atoms with van der Waals surface area (Å²) in [7, 11) is 0. The van der Waals surface area contributed by atoms with E-state index in [2.05, 4.69) is 15.2 Å². The summed E-state index contributed by atoms with van der Waals surface area (Å²) in [6, 6.07) is 8.00. The maximum Gasteiger partial charge on any atom is 0.255 e. The van der Waals surface area contributed by atoms with Crippen LogP contribution in [0.15, 0.2) is 42.9 Å². The molecular formula is C17H20N4O. The van der Waals surface area contributed by atoms with Gasteiger partial charge < -0.3 is 4.90 Å². The van der Waals surface area contributed by atoms with Gasteiger partial charge in [0.2, 0.25) is 0 Å². The fraction of sp³-hybridized carbons (Fsp3) is 0.412. The number of aromatic nitrogens is 3. The van der Waals surface area contributed by atoms with Crippen molar-refractivity contribution in [3.05, 3.63) is 54.1 Å². The van der Waals surface area contributed by atoms with Crippen LogP contribution >= 0.6 is 0 Å². The first kappa shape index (κ1) is 14.6. The molecule has 1 aliphatic rings. The number of amides is 1. The molecule has 1 aliphatic heterocycles. The van der Waals surface area contributed by atoms with E-state index in [0.29, 0.717) is 5.56 Å². The number of aryl methyl sites for hydroxylation is 1. The zero-order valence-corrected chi connectivity index (χ0v) is 12.6. The van der Waals surface area contributed by atoms with E-state index < -0.39 is 0 Å². The van der Waals surface area contributed by atoms with Gasteiger partial charge in [-0.2, -0.15) is 10.2 Å². The van der Waals surface area contributed by atoms with E-state index in [1.807, 2.05) is 29.3 Å². The van der Waals surface area contributed by atoms with Gasteiger partial charge in [-0.15, -0.1) is 0 Å². The average molecular weight is 296 g/mol. The summed E-state index contributed by atoms with van der Waals surface area (Å²) in [6.45, 7) is 0.827. The second-order valence-corrected chi connectivity index (χ2v) is 5.64. The Morgan fingerprint density at radius 3 is 2.91 bits per heavy atom. The molecule has 1 atom stereocenters. The third kappa shape index (κ3) is 3.47. The number of carbonyl (C=O) groups is 1. The van der Waals surface area contributed by atoms with Crippen LogP contribution in [0.5, 0.6) is 0 Å². The molecule has 5 heteroatoms. The van der Waals surface area contributed by atoms with E-state index in [0.717, 1.165) is 37.9 Å². The summed E-state index contributed by atoms with van der Waals surface area (Å²) < 4.78 is 0. The first-order valence-electron chi connectivity index (χ1n) is 7.82. The SMILES string of the molecule is O=C(c1ccnnc1)N1CCCC[C@H]1CCc1ccccn1. The molecule has 1 fully saturated rings. The van der Waals surface area contributed by atoms with Gasteiger partial charge in [0.1, 0.15) is 0 Å². The molecular weight excluding hydrogens is 276 g/mol. The Balaban J connectivity index is 1.67. The molecule has 0 unspecified atom stereocenters. The molecule has 0 aromatic carbocycles. The number of pyridine rings is 1. The number of rotatable bonds is 4. The maximum atomic E-state index is 12.7. The van der Waals surface area contributed by atoms with Crippen LogP contribution in [-0.4, -0.2) is 38.6 Å². The van der Waals surface area contributed by atoms with Crippen molar-refractivity contribution in [3.63, 3.8) is 0 Å². The molecule has 22 heavy (non-hydrogen) atoms. The highest BCUT2D eigenvalue weighted by Crippen LogP contribution is 2.23. The summed E-state index contributed by atoms with van der Waals surface area (Å²) in [5.74, 6) is 0.0700. The fourth-order valence-corrected chi connectivity index (χ4v) is 3.01. The smallest absolute Gasteiger partial charge is 0.255 e. The lowest BCUT2D eigenvalue weighted by Gasteiger charge is -2.36. The highest BCUT2D eigenvalue weighted by Gasteiger charge is 2.27. The second-order valence-electron chi connectivity index (χ2n) is 5.64. The number of nitrogens with zero attached hydrogens (tertiary/aromatic N) is 4. The molecule has 2 aromatic rings. The van der Waals surface area contributed by atoms with E-state index >= 15 is 0 Å². The van der Waals surface area contributed by atoms with E-state index in [4.69, 9.17) is 0 Å². The van der Waals surface area contributed by atoms with Crippen LogP contribution < -0.4 is 0 Å². The van der Waals surface area contributed by atoms with Crippen LogP contribution in [-0.2, 0) is 6.42 Å². The van der Waals surface area contributed by atoms with Gasteiger partial charge in [-0.25, -0.2) is 0 Å². The molecule has 1 amide bonds. The van der Waals surface area contributed by atoms with Crippen LogP contribution in [0.3, 0.4) is 0 Å². The highest BCUT2D eigenvalue weighted by molar-refractivity contribution is 5.94. The Morgan fingerprint density at radius 2 is 2.14 bits per heavy atom. The molecule has 114 valence electrons. The lowest BCUT2D eigenvalue weighted by atomic mass is 9.96. The van der Waals surface area contributed by atoms with Crippen molar-refractivity contribution in [2.24, 2.45) is 0 Å². The molecule has 5 nitrogen and oxygen atoms in total. The number of carbonyl (C=O) groups excluding carboxylic acids is 1. The zero-order chi connectivity index (χ0) is 15.2. The van der Waals surface area contributed by atoms with Gasteiger partial charge in [-0.05, 0) is 50.3 Å². The van der Waals surface area contributed by atoms with Gasteiger partial charge in [0.05, 0.1) is 18.0 Å². The molecule has 0 aliphatic carbocycles. The third-order valence-electron chi connectivity index (χ3n) is 4.18. The van der Waals surface area contributed by atoms with Crippen molar-refractivity contribution >= 4 is 5.91 Å². The van der Waals surface area contributed by atoms with E-state index in [9.17, 15) is 4.79 Å². The van der Waals surface area contributed by atoms with Gasteiger partial charge in [-0.3, -0.25) is 9.78 Å². The molecule has 3 rings (SSSR count). The topological polar surface area (TPSA) is 59.0 Å². The summed E-state index contributed by atoms with van der Waals surface area (Å²) >= 11 is 0. The van der Waals surface area contributed by atoms with Gasteiger partial charge in [0.25, 0.3) is 5.91 Å². The molecule has 0 radical (unpaired) electrons. The van der Waals surface area contributed by atoms with Crippen molar-refractivity contribution in [2.75, 3.05) is 6.54 Å². The Bertz CT molecular complexity index is 603. The largest absolute Gasteiger partial charge is 0.336 e. The van der Waals surface area contributed by atoms with E-state index in [1.54, 1.807) is 18.5 Å². The number of hydrogen-bond acceptors (Lipinski definition) is 4. The van der Waals surface area contributed by atoms with Gasteiger partial charge >= 0.3 is 0 Å². The molecule has 0 bridgehead atoms. The van der Waals surface area contributed by atoms with E-state index in [1.165, 1.54) is 6.42 Å². The molecule has 1 saturated heterocycles. The standard InChI is InChI=1S/C17H20N4O/c22-17(14-9-11-19-20-13-14)21-12-4-2-6-16(21)8-7-15-5-1-3-10-18-15/h1,3,5,9-11,13,16H,2,4,6-8,12H2/t16-/m0/s1.